The van der Waals surface area contributed by atoms with E-state index < -0.39 is 0 Å². The Bertz CT molecular complexity index is 1250. The molecule has 1 aliphatic carbocycles. The maximum Gasteiger partial charge on any atom is 0.339 e. The number of rotatable bonds is 5. The zero-order valence-corrected chi connectivity index (χ0v) is 20.4. The summed E-state index contributed by atoms with van der Waals surface area (Å²) in [5.74, 6) is 1.28. The fourth-order valence-electron chi connectivity index (χ4n) is 5.24. The van der Waals surface area contributed by atoms with E-state index in [9.17, 15) is 9.18 Å². The van der Waals surface area contributed by atoms with Crippen molar-refractivity contribution in [1.82, 2.24) is 15.2 Å². The molecule has 0 spiro atoms. The molecule has 1 aromatic carbocycles. The van der Waals surface area contributed by atoms with Crippen LogP contribution in [0.2, 0.25) is 0 Å². The molecule has 7 nitrogen and oxygen atoms in total. The first-order valence-corrected chi connectivity index (χ1v) is 12.1. The van der Waals surface area contributed by atoms with Crippen LogP contribution in [0.5, 0.6) is 0 Å². The minimum Gasteiger partial charge on any atom is -0.465 e. The average Bonchev–Trinajstić information content (AvgIpc) is 3.35. The number of piperazine rings is 1. The Balaban J connectivity index is 1.33. The van der Waals surface area contributed by atoms with E-state index in [-0.39, 0.29) is 17.8 Å². The van der Waals surface area contributed by atoms with E-state index in [1.807, 2.05) is 25.1 Å². The summed E-state index contributed by atoms with van der Waals surface area (Å²) in [5, 5.41) is 9.33. The van der Waals surface area contributed by atoms with Gasteiger partial charge in [0.1, 0.15) is 11.6 Å². The third-order valence-electron chi connectivity index (χ3n) is 7.11. The van der Waals surface area contributed by atoms with Crippen molar-refractivity contribution in [3.05, 3.63) is 75.9 Å². The highest BCUT2D eigenvalue weighted by molar-refractivity contribution is 5.90. The predicted octanol–water partition coefficient (Wildman–Crippen LogP) is 3.90. The molecular weight excluding hydrogens is 445 g/mol. The number of carbonyl (C=O) groups is 1. The number of halogens is 1. The number of esters is 1. The van der Waals surface area contributed by atoms with Crippen LogP contribution in [0.15, 0.2) is 36.5 Å². The Hall–Kier alpha value is -3.55. The van der Waals surface area contributed by atoms with E-state index in [2.05, 4.69) is 26.8 Å². The molecule has 0 N–H and O–H groups in total. The van der Waals surface area contributed by atoms with Gasteiger partial charge < -0.3 is 14.5 Å². The molecule has 2 aliphatic rings. The summed E-state index contributed by atoms with van der Waals surface area (Å²) < 4.78 is 18.1. The molecule has 3 aromatic rings. The Labute approximate surface area is 205 Å². The quantitative estimate of drug-likeness (QED) is 0.518. The number of hydrogen-bond acceptors (Lipinski definition) is 7. The van der Waals surface area contributed by atoms with Crippen LogP contribution in [-0.2, 0) is 24.0 Å². The van der Waals surface area contributed by atoms with Gasteiger partial charge in [0, 0.05) is 43.9 Å². The number of pyridine rings is 1. The largest absolute Gasteiger partial charge is 0.465 e. The fourth-order valence-corrected chi connectivity index (χ4v) is 5.24. The second-order valence-corrected chi connectivity index (χ2v) is 9.42. The molecule has 0 amide bonds. The molecule has 1 aliphatic heterocycles. The zero-order chi connectivity index (χ0) is 24.5. The number of hydrogen-bond donors (Lipinski definition) is 0. The summed E-state index contributed by atoms with van der Waals surface area (Å²) in [6, 6.07) is 8.81. The van der Waals surface area contributed by atoms with Crippen molar-refractivity contribution in [3.63, 3.8) is 0 Å². The minimum absolute atomic E-state index is 0.220. The standard InChI is InChI=1S/C27H30FN5O2/c1-17-13-25(29-15-23(17)27(34)35-3)33-12-11-32(16-18(33)2)26-22-6-4-5-21(22)24(30-31-26)14-19-7-9-20(28)10-8-19/h7-10,13,15,18H,4-6,11-12,14,16H2,1-3H3/t18-/m1/s1. The number of nitrogens with zero attached hydrogens (tertiary/aromatic N) is 5. The number of fused-ring (bicyclic) bond motifs is 1. The number of anilines is 2. The molecule has 35 heavy (non-hydrogen) atoms. The molecule has 1 atom stereocenters. The minimum atomic E-state index is -0.366. The molecule has 0 saturated carbocycles. The molecule has 0 unspecified atom stereocenters. The summed E-state index contributed by atoms with van der Waals surface area (Å²) in [6.07, 6.45) is 5.42. The van der Waals surface area contributed by atoms with Gasteiger partial charge in [0.15, 0.2) is 5.82 Å². The lowest BCUT2D eigenvalue weighted by Gasteiger charge is -2.41. The van der Waals surface area contributed by atoms with Gasteiger partial charge in [-0.15, -0.1) is 5.10 Å². The fraction of sp³-hybridized carbons (Fsp3) is 0.407. The smallest absolute Gasteiger partial charge is 0.339 e. The average molecular weight is 476 g/mol. The van der Waals surface area contributed by atoms with Crippen molar-refractivity contribution >= 4 is 17.6 Å². The lowest BCUT2D eigenvalue weighted by molar-refractivity contribution is 0.0599. The van der Waals surface area contributed by atoms with E-state index in [4.69, 9.17) is 9.84 Å². The molecule has 3 heterocycles. The molecule has 1 saturated heterocycles. The van der Waals surface area contributed by atoms with Crippen molar-refractivity contribution in [2.45, 2.75) is 45.6 Å². The third kappa shape index (κ3) is 4.57. The van der Waals surface area contributed by atoms with Gasteiger partial charge in [-0.2, -0.15) is 5.10 Å². The first kappa shape index (κ1) is 23.2. The molecule has 2 aromatic heterocycles. The van der Waals surface area contributed by atoms with E-state index in [0.717, 1.165) is 67.4 Å². The first-order chi connectivity index (χ1) is 16.9. The van der Waals surface area contributed by atoms with Crippen molar-refractivity contribution in [2.24, 2.45) is 0 Å². The lowest BCUT2D eigenvalue weighted by Crippen LogP contribution is -2.53. The molecule has 8 heteroatoms. The van der Waals surface area contributed by atoms with Crippen LogP contribution in [0, 0.1) is 12.7 Å². The highest BCUT2D eigenvalue weighted by atomic mass is 19.1. The summed E-state index contributed by atoms with van der Waals surface area (Å²) in [4.78, 5) is 21.1. The second kappa shape index (κ2) is 9.60. The van der Waals surface area contributed by atoms with Gasteiger partial charge in [-0.05, 0) is 68.0 Å². The van der Waals surface area contributed by atoms with Gasteiger partial charge in [0.05, 0.1) is 18.4 Å². The molecule has 182 valence electrons. The molecule has 1 fully saturated rings. The maximum atomic E-state index is 13.3. The molecule has 0 radical (unpaired) electrons. The zero-order valence-electron chi connectivity index (χ0n) is 20.4. The maximum absolute atomic E-state index is 13.3. The van der Waals surface area contributed by atoms with Crippen LogP contribution in [0.4, 0.5) is 16.0 Å². The topological polar surface area (TPSA) is 71.5 Å². The predicted molar refractivity (Wildman–Crippen MR) is 133 cm³/mol. The molecular formula is C27H30FN5O2. The monoisotopic (exact) mass is 475 g/mol. The van der Waals surface area contributed by atoms with Crippen LogP contribution in [-0.4, -0.2) is 53.9 Å². The Morgan fingerprint density at radius 3 is 2.63 bits per heavy atom. The van der Waals surface area contributed by atoms with Gasteiger partial charge >= 0.3 is 5.97 Å². The highest BCUT2D eigenvalue weighted by Crippen LogP contribution is 2.33. The van der Waals surface area contributed by atoms with E-state index in [1.165, 1.54) is 30.4 Å². The number of benzene rings is 1. The van der Waals surface area contributed by atoms with Crippen LogP contribution < -0.4 is 9.80 Å². The third-order valence-corrected chi connectivity index (χ3v) is 7.11. The number of aryl methyl sites for hydroxylation is 1. The highest BCUT2D eigenvalue weighted by Gasteiger charge is 2.30. The summed E-state index contributed by atoms with van der Waals surface area (Å²) in [5.41, 5.74) is 6.03. The number of carbonyl (C=O) groups excluding carboxylic acids is 1. The Morgan fingerprint density at radius 2 is 1.91 bits per heavy atom. The lowest BCUT2D eigenvalue weighted by atomic mass is 10.0. The Morgan fingerprint density at radius 1 is 1.14 bits per heavy atom. The normalized spacial score (nSPS) is 17.4. The summed E-state index contributed by atoms with van der Waals surface area (Å²) in [7, 11) is 1.38. The van der Waals surface area contributed by atoms with Gasteiger partial charge in [0.2, 0.25) is 0 Å². The van der Waals surface area contributed by atoms with Crippen LogP contribution in [0.25, 0.3) is 0 Å². The van der Waals surface area contributed by atoms with Crippen LogP contribution in [0.3, 0.4) is 0 Å². The van der Waals surface area contributed by atoms with Crippen molar-refractivity contribution in [2.75, 3.05) is 36.5 Å². The SMILES string of the molecule is COC(=O)c1cnc(N2CCN(c3nnc(Cc4ccc(F)cc4)c4c3CCC4)C[C@H]2C)cc1C. The number of aromatic nitrogens is 3. The van der Waals surface area contributed by atoms with E-state index in [0.29, 0.717) is 12.0 Å². The van der Waals surface area contributed by atoms with Crippen molar-refractivity contribution in [1.29, 1.82) is 0 Å². The van der Waals surface area contributed by atoms with Crippen molar-refractivity contribution in [3.8, 4) is 0 Å². The van der Waals surface area contributed by atoms with Gasteiger partial charge in [-0.3, -0.25) is 0 Å². The van der Waals surface area contributed by atoms with E-state index in [1.54, 1.807) is 6.20 Å². The van der Waals surface area contributed by atoms with Crippen LogP contribution >= 0.6 is 0 Å². The number of ether oxygens (including phenoxy) is 1. The molecule has 0 bridgehead atoms. The number of methoxy groups -OCH3 is 1. The van der Waals surface area contributed by atoms with E-state index >= 15 is 0 Å². The van der Waals surface area contributed by atoms with Crippen LogP contribution in [0.1, 0.15) is 51.7 Å². The van der Waals surface area contributed by atoms with Crippen molar-refractivity contribution < 1.29 is 13.9 Å². The first-order valence-electron chi connectivity index (χ1n) is 12.1. The summed E-state index contributed by atoms with van der Waals surface area (Å²) in [6.45, 7) is 6.54. The second-order valence-electron chi connectivity index (χ2n) is 9.42. The van der Waals surface area contributed by atoms with Gasteiger partial charge in [0.25, 0.3) is 0 Å². The Kier molecular flexibility index (Phi) is 6.36. The van der Waals surface area contributed by atoms with Gasteiger partial charge in [-0.25, -0.2) is 14.2 Å². The summed E-state index contributed by atoms with van der Waals surface area (Å²) >= 11 is 0. The van der Waals surface area contributed by atoms with Gasteiger partial charge in [-0.1, -0.05) is 12.1 Å². The molecule has 5 rings (SSSR count).